The van der Waals surface area contributed by atoms with E-state index in [0.717, 1.165) is 60.4 Å². The number of rotatable bonds is 9. The van der Waals surface area contributed by atoms with Crippen LogP contribution < -0.4 is 20.1 Å². The number of hydrogen-bond donors (Lipinski definition) is 2. The number of aryl methyl sites for hydroxylation is 1. The highest BCUT2D eigenvalue weighted by atomic mass is 127. The number of thiazole rings is 1. The van der Waals surface area contributed by atoms with Gasteiger partial charge in [0.05, 0.1) is 24.8 Å². The molecule has 0 saturated heterocycles. The van der Waals surface area contributed by atoms with Gasteiger partial charge in [-0.3, -0.25) is 0 Å². The molecular weight excluding hydrogens is 511 g/mol. The molecule has 2 aromatic rings. The van der Waals surface area contributed by atoms with Crippen LogP contribution in [0.25, 0.3) is 0 Å². The third-order valence-electron chi connectivity index (χ3n) is 4.92. The molecule has 2 N–H and O–H groups in total. The normalized spacial score (nSPS) is 14.3. The van der Waals surface area contributed by atoms with E-state index >= 15 is 0 Å². The summed E-state index contributed by atoms with van der Waals surface area (Å²) in [4.78, 5) is 10.4. The topological polar surface area (TPSA) is 67.8 Å². The number of nitrogens with one attached hydrogen (secondary N) is 2. The van der Waals surface area contributed by atoms with Gasteiger partial charge in [-0.2, -0.15) is 0 Å². The molecule has 1 saturated carbocycles. The first kappa shape index (κ1) is 24.7. The van der Waals surface area contributed by atoms with Crippen LogP contribution in [0.2, 0.25) is 0 Å². The predicted octanol–water partition coefficient (Wildman–Crippen LogP) is 4.70. The molecule has 166 valence electrons. The molecule has 0 bridgehead atoms. The third-order valence-corrected chi connectivity index (χ3v) is 5.89. The summed E-state index contributed by atoms with van der Waals surface area (Å²) in [6, 6.07) is 6.00. The molecule has 0 amide bonds. The maximum absolute atomic E-state index is 6.29. The number of aromatic nitrogens is 1. The lowest BCUT2D eigenvalue weighted by Crippen LogP contribution is -2.38. The third kappa shape index (κ3) is 7.61. The van der Waals surface area contributed by atoms with Crippen LogP contribution in [-0.4, -0.2) is 37.2 Å². The summed E-state index contributed by atoms with van der Waals surface area (Å²) in [5.74, 6) is 2.51. The van der Waals surface area contributed by atoms with Gasteiger partial charge in [-0.05, 0) is 51.7 Å². The summed E-state index contributed by atoms with van der Waals surface area (Å²) >= 11 is 1.74. The highest BCUT2D eigenvalue weighted by molar-refractivity contribution is 14.0. The summed E-state index contributed by atoms with van der Waals surface area (Å²) in [5, 5.41) is 7.87. The van der Waals surface area contributed by atoms with Crippen LogP contribution in [0.15, 0.2) is 29.4 Å². The van der Waals surface area contributed by atoms with Crippen molar-refractivity contribution in [2.24, 2.45) is 4.99 Å². The lowest BCUT2D eigenvalue weighted by Gasteiger charge is -2.17. The summed E-state index contributed by atoms with van der Waals surface area (Å²) in [5.41, 5.74) is 1.07. The van der Waals surface area contributed by atoms with Crippen molar-refractivity contribution >= 4 is 41.3 Å². The Labute approximate surface area is 200 Å². The minimum absolute atomic E-state index is 0. The minimum atomic E-state index is 0. The molecule has 3 rings (SSSR count). The zero-order valence-electron chi connectivity index (χ0n) is 18.1. The molecule has 0 aliphatic heterocycles. The highest BCUT2D eigenvalue weighted by Crippen LogP contribution is 2.30. The summed E-state index contributed by atoms with van der Waals surface area (Å²) < 4.78 is 11.7. The fraction of sp³-hybridized carbons (Fsp3) is 0.545. The van der Waals surface area contributed by atoms with Crippen molar-refractivity contribution in [3.8, 4) is 11.5 Å². The molecular formula is C22H33IN4O2S. The molecule has 0 atom stereocenters. The SMILES string of the molecule is CCNC(=NCc1ccc(OC)cc1OC1CCCC1)NCCc1ncc(C)s1.I. The second-order valence-electron chi connectivity index (χ2n) is 7.23. The highest BCUT2D eigenvalue weighted by Gasteiger charge is 2.18. The molecule has 0 spiro atoms. The molecule has 1 heterocycles. The van der Waals surface area contributed by atoms with Gasteiger partial charge in [-0.25, -0.2) is 9.98 Å². The minimum Gasteiger partial charge on any atom is -0.497 e. The number of hydrogen-bond acceptors (Lipinski definition) is 5. The van der Waals surface area contributed by atoms with Gasteiger partial charge < -0.3 is 20.1 Å². The average molecular weight is 545 g/mol. The smallest absolute Gasteiger partial charge is 0.191 e. The van der Waals surface area contributed by atoms with Crippen molar-refractivity contribution in [3.05, 3.63) is 39.8 Å². The van der Waals surface area contributed by atoms with Crippen LogP contribution in [0, 0.1) is 6.92 Å². The van der Waals surface area contributed by atoms with Gasteiger partial charge in [0, 0.05) is 42.2 Å². The summed E-state index contributed by atoms with van der Waals surface area (Å²) in [6.07, 6.45) is 7.86. The van der Waals surface area contributed by atoms with Crippen LogP contribution in [0.5, 0.6) is 11.5 Å². The Bertz CT molecular complexity index is 806. The molecule has 6 nitrogen and oxygen atoms in total. The van der Waals surface area contributed by atoms with E-state index in [1.165, 1.54) is 17.7 Å². The standard InChI is InChI=1S/C22H32N4O2S.HI/c1-4-23-22(24-12-11-21-25-14-16(2)29-21)26-15-17-9-10-19(27-3)13-20(17)28-18-7-5-6-8-18;/h9-10,13-14,18H,4-8,11-12,15H2,1-3H3,(H2,23,24,26);1H. The molecule has 8 heteroatoms. The number of methoxy groups -OCH3 is 1. The Morgan fingerprint density at radius 1 is 1.27 bits per heavy atom. The van der Waals surface area contributed by atoms with Crippen molar-refractivity contribution < 1.29 is 9.47 Å². The predicted molar refractivity (Wildman–Crippen MR) is 135 cm³/mol. The summed E-state index contributed by atoms with van der Waals surface area (Å²) in [7, 11) is 1.68. The van der Waals surface area contributed by atoms with E-state index in [9.17, 15) is 0 Å². The van der Waals surface area contributed by atoms with E-state index in [1.54, 1.807) is 18.4 Å². The van der Waals surface area contributed by atoms with E-state index in [-0.39, 0.29) is 24.0 Å². The lowest BCUT2D eigenvalue weighted by atomic mass is 10.2. The molecule has 1 aliphatic carbocycles. The number of aliphatic imine (C=N–C) groups is 1. The first-order chi connectivity index (χ1) is 14.2. The zero-order chi connectivity index (χ0) is 20.5. The van der Waals surface area contributed by atoms with Crippen molar-refractivity contribution in [2.45, 2.75) is 58.6 Å². The van der Waals surface area contributed by atoms with Crippen LogP contribution in [0.4, 0.5) is 0 Å². The van der Waals surface area contributed by atoms with E-state index in [2.05, 4.69) is 35.5 Å². The number of guanidine groups is 1. The van der Waals surface area contributed by atoms with Gasteiger partial charge in [-0.15, -0.1) is 35.3 Å². The van der Waals surface area contributed by atoms with Crippen LogP contribution in [-0.2, 0) is 13.0 Å². The Kier molecular flexibility index (Phi) is 10.7. The van der Waals surface area contributed by atoms with E-state index in [0.29, 0.717) is 12.6 Å². The van der Waals surface area contributed by atoms with Gasteiger partial charge in [0.15, 0.2) is 5.96 Å². The fourth-order valence-corrected chi connectivity index (χ4v) is 4.19. The largest absolute Gasteiger partial charge is 0.497 e. The number of benzene rings is 1. The van der Waals surface area contributed by atoms with Crippen LogP contribution in [0.1, 0.15) is 48.1 Å². The number of halogens is 1. The van der Waals surface area contributed by atoms with Crippen molar-refractivity contribution in [2.75, 3.05) is 20.2 Å². The first-order valence-electron chi connectivity index (χ1n) is 10.4. The number of nitrogens with zero attached hydrogens (tertiary/aromatic N) is 2. The second kappa shape index (κ2) is 13.0. The number of ether oxygens (including phenoxy) is 2. The molecule has 1 aliphatic rings. The van der Waals surface area contributed by atoms with Gasteiger partial charge >= 0.3 is 0 Å². The van der Waals surface area contributed by atoms with E-state index in [4.69, 9.17) is 14.5 Å². The lowest BCUT2D eigenvalue weighted by molar-refractivity contribution is 0.207. The van der Waals surface area contributed by atoms with Crippen molar-refractivity contribution in [1.82, 2.24) is 15.6 Å². The molecule has 30 heavy (non-hydrogen) atoms. The Morgan fingerprint density at radius 2 is 2.07 bits per heavy atom. The van der Waals surface area contributed by atoms with Crippen LogP contribution >= 0.6 is 35.3 Å². The molecule has 1 aromatic heterocycles. The van der Waals surface area contributed by atoms with E-state index in [1.807, 2.05) is 18.3 Å². The zero-order valence-corrected chi connectivity index (χ0v) is 21.2. The average Bonchev–Trinajstić information content (AvgIpc) is 3.38. The van der Waals surface area contributed by atoms with E-state index < -0.39 is 0 Å². The van der Waals surface area contributed by atoms with Gasteiger partial charge in [-0.1, -0.05) is 0 Å². The van der Waals surface area contributed by atoms with Gasteiger partial charge in [0.2, 0.25) is 0 Å². The molecule has 0 radical (unpaired) electrons. The fourth-order valence-electron chi connectivity index (χ4n) is 3.40. The maximum Gasteiger partial charge on any atom is 0.191 e. The van der Waals surface area contributed by atoms with Gasteiger partial charge in [0.25, 0.3) is 0 Å². The first-order valence-corrected chi connectivity index (χ1v) is 11.3. The second-order valence-corrected chi connectivity index (χ2v) is 8.55. The monoisotopic (exact) mass is 544 g/mol. The van der Waals surface area contributed by atoms with Crippen LogP contribution in [0.3, 0.4) is 0 Å². The molecule has 1 aromatic carbocycles. The Morgan fingerprint density at radius 3 is 2.73 bits per heavy atom. The van der Waals surface area contributed by atoms with Crippen molar-refractivity contribution in [3.63, 3.8) is 0 Å². The van der Waals surface area contributed by atoms with Gasteiger partial charge in [0.1, 0.15) is 11.5 Å². The maximum atomic E-state index is 6.29. The Hall–Kier alpha value is -1.55. The Balaban J connectivity index is 0.00000320. The quantitative estimate of drug-likeness (QED) is 0.272. The molecule has 0 unspecified atom stereocenters. The van der Waals surface area contributed by atoms with Crippen molar-refractivity contribution in [1.29, 1.82) is 0 Å². The molecule has 1 fully saturated rings. The summed E-state index contributed by atoms with van der Waals surface area (Å²) in [6.45, 7) is 6.32.